The largest absolute Gasteiger partial charge is 0.100 e. The normalized spacial score (nSPS) is 15.3. The summed E-state index contributed by atoms with van der Waals surface area (Å²) in [5.41, 5.74) is 0. The van der Waals surface area contributed by atoms with E-state index in [0.717, 1.165) is 4.91 Å². The van der Waals surface area contributed by atoms with E-state index in [-0.39, 0.29) is 0 Å². The van der Waals surface area contributed by atoms with Gasteiger partial charge in [0, 0.05) is 0 Å². The zero-order valence-electron chi connectivity index (χ0n) is 8.46. The second-order valence-corrected chi connectivity index (χ2v) is 19.1. The number of halogens is 1. The minimum absolute atomic E-state index is 0.647. The molecule has 0 aliphatic carbocycles. The molecule has 0 aromatic rings. The quantitative estimate of drug-likeness (QED) is 0.505. The zero-order valence-corrected chi connectivity index (χ0v) is 12.2. The molecule has 0 radical (unpaired) electrons. The summed E-state index contributed by atoms with van der Waals surface area (Å²) in [6, 6.07) is 0. The molecule has 68 valence electrons. The van der Waals surface area contributed by atoms with Gasteiger partial charge in [0.2, 0.25) is 0 Å². The highest BCUT2D eigenvalue weighted by Crippen LogP contribution is 2.37. The van der Waals surface area contributed by atoms with Crippen LogP contribution in [0.3, 0.4) is 0 Å². The number of hydrogen-bond donors (Lipinski definition) is 0. The lowest BCUT2D eigenvalue weighted by Crippen LogP contribution is -2.50. The van der Waals surface area contributed by atoms with Gasteiger partial charge in [0.25, 0.3) is 0 Å². The fourth-order valence-electron chi connectivity index (χ4n) is 1.63. The summed E-state index contributed by atoms with van der Waals surface area (Å²) in [6.45, 7) is 14.6. The molecule has 0 fully saturated rings. The Morgan fingerprint density at radius 3 is 1.18 bits per heavy atom. The highest BCUT2D eigenvalue weighted by atomic mass is 35.7. The molecule has 0 heterocycles. The first-order chi connectivity index (χ1) is 4.69. The fourth-order valence-corrected chi connectivity index (χ4v) is 20.5. The highest BCUT2D eigenvalue weighted by Gasteiger charge is 2.36. The Morgan fingerprint density at radius 1 is 0.909 bits per heavy atom. The van der Waals surface area contributed by atoms with Crippen LogP contribution < -0.4 is 0 Å². The van der Waals surface area contributed by atoms with Gasteiger partial charge in [0.15, 0.2) is 0 Å². The molecule has 0 rings (SSSR count). The second kappa shape index (κ2) is 3.91. The van der Waals surface area contributed by atoms with E-state index in [1.807, 2.05) is 0 Å². The standard InChI is InChI=1S/C7H20ClPSi2/c1-10(2,3)7(9-8)11(4,5)6/h7,9H,1-6H3. The first kappa shape index (κ1) is 12.2. The van der Waals surface area contributed by atoms with Crippen LogP contribution in [0.15, 0.2) is 0 Å². The van der Waals surface area contributed by atoms with Crippen molar-refractivity contribution in [2.24, 2.45) is 0 Å². The molecule has 0 aromatic heterocycles. The third-order valence-corrected chi connectivity index (χ3v) is 18.5. The van der Waals surface area contributed by atoms with Gasteiger partial charge in [-0.2, -0.15) is 0 Å². The van der Waals surface area contributed by atoms with Gasteiger partial charge in [-0.1, -0.05) is 39.3 Å². The molecule has 4 heteroatoms. The van der Waals surface area contributed by atoms with E-state index in [2.05, 4.69) is 39.3 Å². The molecule has 1 unspecified atom stereocenters. The molecule has 0 amide bonds. The summed E-state index contributed by atoms with van der Waals surface area (Å²) in [6.07, 6.45) is 0. The highest BCUT2D eigenvalue weighted by molar-refractivity contribution is 7.73. The van der Waals surface area contributed by atoms with Crippen LogP contribution in [0.25, 0.3) is 0 Å². The summed E-state index contributed by atoms with van der Waals surface area (Å²) in [4.78, 5) is 0.886. The Bertz CT molecular complexity index is 111. The third kappa shape index (κ3) is 4.07. The maximum atomic E-state index is 6.03. The first-order valence-corrected chi connectivity index (χ1v) is 13.3. The predicted octanol–water partition coefficient (Wildman–Crippen LogP) is 3.94. The van der Waals surface area contributed by atoms with Crippen molar-refractivity contribution < 1.29 is 0 Å². The van der Waals surface area contributed by atoms with Gasteiger partial charge in [-0.25, -0.2) is 0 Å². The SMILES string of the molecule is C[Si](C)(C)C(PCl)[Si](C)(C)C. The average Bonchev–Trinajstić information content (AvgIpc) is 1.56. The van der Waals surface area contributed by atoms with Crippen molar-refractivity contribution in [1.29, 1.82) is 0 Å². The van der Waals surface area contributed by atoms with E-state index in [1.54, 1.807) is 0 Å². The van der Waals surface area contributed by atoms with E-state index in [0.29, 0.717) is 7.93 Å². The van der Waals surface area contributed by atoms with Crippen LogP contribution >= 0.6 is 19.2 Å². The summed E-state index contributed by atoms with van der Waals surface area (Å²) < 4.78 is 0. The molecule has 0 aliphatic heterocycles. The number of hydrogen-bond acceptors (Lipinski definition) is 0. The van der Waals surface area contributed by atoms with Crippen LogP contribution in [0, 0.1) is 0 Å². The van der Waals surface area contributed by atoms with Crippen molar-refractivity contribution in [3.8, 4) is 0 Å². The molecule has 0 nitrogen and oxygen atoms in total. The van der Waals surface area contributed by atoms with Crippen LogP contribution in [0.5, 0.6) is 0 Å². The Balaban J connectivity index is 4.43. The van der Waals surface area contributed by atoms with Crippen LogP contribution in [0.1, 0.15) is 0 Å². The molecule has 1 atom stereocenters. The van der Waals surface area contributed by atoms with Gasteiger partial charge in [0.1, 0.15) is 0 Å². The van der Waals surface area contributed by atoms with Gasteiger partial charge in [0.05, 0.1) is 16.1 Å². The van der Waals surface area contributed by atoms with Crippen molar-refractivity contribution in [1.82, 2.24) is 0 Å². The molecule has 0 saturated heterocycles. The zero-order chi connectivity index (χ0) is 9.28. The van der Waals surface area contributed by atoms with Crippen molar-refractivity contribution in [2.75, 3.05) is 0 Å². The monoisotopic (exact) mass is 226 g/mol. The lowest BCUT2D eigenvalue weighted by Gasteiger charge is -2.36. The van der Waals surface area contributed by atoms with Gasteiger partial charge < -0.3 is 0 Å². The van der Waals surface area contributed by atoms with Gasteiger partial charge >= 0.3 is 0 Å². The number of rotatable bonds is 3. The molecule has 0 bridgehead atoms. The molecule has 0 aliphatic rings. The Hall–Kier alpha value is 1.15. The van der Waals surface area contributed by atoms with E-state index in [1.165, 1.54) is 0 Å². The van der Waals surface area contributed by atoms with Crippen molar-refractivity contribution >= 4 is 35.3 Å². The van der Waals surface area contributed by atoms with Gasteiger partial charge in [-0.05, 0) is 12.8 Å². The maximum Gasteiger partial charge on any atom is 0.0502 e. The van der Waals surface area contributed by atoms with E-state index < -0.39 is 16.1 Å². The molecule has 0 N–H and O–H groups in total. The predicted molar refractivity (Wildman–Crippen MR) is 64.6 cm³/mol. The topological polar surface area (TPSA) is 0 Å². The molecule has 0 saturated carbocycles. The lowest BCUT2D eigenvalue weighted by molar-refractivity contribution is 1.46. The molecule has 0 aromatic carbocycles. The Labute approximate surface area is 79.7 Å². The average molecular weight is 227 g/mol. The second-order valence-electron chi connectivity index (χ2n) is 5.27. The smallest absolute Gasteiger partial charge is 0.0502 e. The summed E-state index contributed by atoms with van der Waals surface area (Å²) in [5, 5.41) is 0. The molecular formula is C7H20ClPSi2. The Kier molecular flexibility index (Phi) is 4.32. The van der Waals surface area contributed by atoms with E-state index >= 15 is 0 Å². The minimum atomic E-state index is -0.980. The summed E-state index contributed by atoms with van der Waals surface area (Å²) in [5.74, 6) is 0. The summed E-state index contributed by atoms with van der Waals surface area (Å²) in [7, 11) is -1.31. The van der Waals surface area contributed by atoms with Crippen molar-refractivity contribution in [3.05, 3.63) is 0 Å². The van der Waals surface area contributed by atoms with Crippen LogP contribution in [0.4, 0.5) is 0 Å². The van der Waals surface area contributed by atoms with Gasteiger partial charge in [-0.3, -0.25) is 0 Å². The van der Waals surface area contributed by atoms with E-state index in [9.17, 15) is 0 Å². The molecule has 0 spiro atoms. The third-order valence-electron chi connectivity index (χ3n) is 1.84. The van der Waals surface area contributed by atoms with Crippen LogP contribution in [-0.4, -0.2) is 21.1 Å². The lowest BCUT2D eigenvalue weighted by atomic mass is 11.7. The van der Waals surface area contributed by atoms with Crippen molar-refractivity contribution in [3.63, 3.8) is 0 Å². The minimum Gasteiger partial charge on any atom is -0.100 e. The summed E-state index contributed by atoms with van der Waals surface area (Å²) >= 11 is 6.03. The van der Waals surface area contributed by atoms with Crippen LogP contribution in [0.2, 0.25) is 39.3 Å². The fraction of sp³-hybridized carbons (Fsp3) is 1.00. The molecule has 11 heavy (non-hydrogen) atoms. The maximum absolute atomic E-state index is 6.03. The van der Waals surface area contributed by atoms with Crippen molar-refractivity contribution in [2.45, 2.75) is 44.2 Å². The Morgan fingerprint density at radius 2 is 1.18 bits per heavy atom. The van der Waals surface area contributed by atoms with Gasteiger partial charge in [-0.15, -0.1) is 11.2 Å². The van der Waals surface area contributed by atoms with E-state index in [4.69, 9.17) is 11.2 Å². The first-order valence-electron chi connectivity index (χ1n) is 4.06. The van der Waals surface area contributed by atoms with Crippen LogP contribution in [-0.2, 0) is 0 Å². The molecular weight excluding hydrogens is 207 g/mol.